The fourth-order valence-corrected chi connectivity index (χ4v) is 3.42. The number of nitrogens with one attached hydrogen (secondary N) is 1. The Labute approximate surface area is 199 Å². The summed E-state index contributed by atoms with van der Waals surface area (Å²) < 4.78 is 20.1. The Hall–Kier alpha value is -5.03. The Morgan fingerprint density at radius 3 is 2.54 bits per heavy atom. The number of rotatable bonds is 7. The number of carbonyl (C=O) groups excluding carboxylic acids is 1. The van der Waals surface area contributed by atoms with E-state index >= 15 is 0 Å². The van der Waals surface area contributed by atoms with Crippen LogP contribution < -0.4 is 10.2 Å². The highest BCUT2D eigenvalue weighted by Gasteiger charge is 2.12. The second-order valence-corrected chi connectivity index (χ2v) is 7.49. The standard InChI is InChI=1S/C27H18FN3O4/c28-24-13-18(14-29)7-11-22(24)26(32)31-30-15-23-21-4-2-1-3-19(21)10-12-25(23)35-16-17-5-8-20(9-6-17)27(33)34/h1-13,15H,16H2,(H,31,32)(H,33,34). The van der Waals surface area contributed by atoms with Gasteiger partial charge in [-0.2, -0.15) is 10.4 Å². The molecule has 0 aliphatic heterocycles. The highest BCUT2D eigenvalue weighted by molar-refractivity contribution is 6.03. The van der Waals surface area contributed by atoms with E-state index in [1.165, 1.54) is 30.5 Å². The van der Waals surface area contributed by atoms with E-state index in [1.54, 1.807) is 18.2 Å². The third-order valence-electron chi connectivity index (χ3n) is 5.23. The topological polar surface area (TPSA) is 112 Å². The van der Waals surface area contributed by atoms with Gasteiger partial charge in [0.2, 0.25) is 0 Å². The third-order valence-corrected chi connectivity index (χ3v) is 5.23. The van der Waals surface area contributed by atoms with Gasteiger partial charge in [-0.1, -0.05) is 42.5 Å². The number of hydrogen-bond donors (Lipinski definition) is 2. The molecule has 1 amide bonds. The van der Waals surface area contributed by atoms with Crippen LogP contribution in [0.25, 0.3) is 10.8 Å². The zero-order valence-electron chi connectivity index (χ0n) is 18.2. The molecule has 0 saturated carbocycles. The number of ether oxygens (including phenoxy) is 1. The molecule has 0 unspecified atom stereocenters. The fourth-order valence-electron chi connectivity index (χ4n) is 3.42. The number of hydrogen-bond acceptors (Lipinski definition) is 5. The molecule has 4 aromatic rings. The lowest BCUT2D eigenvalue weighted by atomic mass is 10.0. The number of halogens is 1. The molecule has 4 aromatic carbocycles. The second-order valence-electron chi connectivity index (χ2n) is 7.49. The molecule has 0 heterocycles. The van der Waals surface area contributed by atoms with Gasteiger partial charge in [0.05, 0.1) is 29.0 Å². The van der Waals surface area contributed by atoms with Crippen molar-refractivity contribution >= 4 is 28.9 Å². The SMILES string of the molecule is N#Cc1ccc(C(=O)NN=Cc2c(OCc3ccc(C(=O)O)cc3)ccc3ccccc23)c(F)c1. The Kier molecular flexibility index (Phi) is 6.79. The molecule has 0 saturated heterocycles. The summed E-state index contributed by atoms with van der Waals surface area (Å²) in [6.45, 7) is 0.182. The molecule has 8 heteroatoms. The van der Waals surface area contributed by atoms with Crippen molar-refractivity contribution in [1.29, 1.82) is 5.26 Å². The van der Waals surface area contributed by atoms with E-state index in [0.717, 1.165) is 22.4 Å². The summed E-state index contributed by atoms with van der Waals surface area (Å²) >= 11 is 0. The Balaban J connectivity index is 1.56. The maximum absolute atomic E-state index is 14.1. The number of fused-ring (bicyclic) bond motifs is 1. The molecule has 2 N–H and O–H groups in total. The number of carboxylic acids is 1. The predicted molar refractivity (Wildman–Crippen MR) is 128 cm³/mol. The number of nitrogens with zero attached hydrogens (tertiary/aromatic N) is 2. The monoisotopic (exact) mass is 467 g/mol. The molecule has 0 bridgehead atoms. The van der Waals surface area contributed by atoms with Crippen molar-refractivity contribution in [2.75, 3.05) is 0 Å². The van der Waals surface area contributed by atoms with Crippen molar-refractivity contribution in [2.24, 2.45) is 5.10 Å². The van der Waals surface area contributed by atoms with Crippen molar-refractivity contribution in [3.63, 3.8) is 0 Å². The summed E-state index contributed by atoms with van der Waals surface area (Å²) in [7, 11) is 0. The zero-order valence-corrected chi connectivity index (χ0v) is 18.2. The first-order chi connectivity index (χ1) is 17.0. The van der Waals surface area contributed by atoms with Crippen LogP contribution in [-0.4, -0.2) is 23.2 Å². The highest BCUT2D eigenvalue weighted by atomic mass is 19.1. The quantitative estimate of drug-likeness (QED) is 0.297. The van der Waals surface area contributed by atoms with Crippen LogP contribution >= 0.6 is 0 Å². The summed E-state index contributed by atoms with van der Waals surface area (Å²) in [6.07, 6.45) is 1.42. The van der Waals surface area contributed by atoms with Gasteiger partial charge in [0.25, 0.3) is 5.91 Å². The molecule has 7 nitrogen and oxygen atoms in total. The number of carboxylic acid groups (broad SMARTS) is 1. The van der Waals surface area contributed by atoms with Gasteiger partial charge < -0.3 is 9.84 Å². The third kappa shape index (κ3) is 5.31. The van der Waals surface area contributed by atoms with E-state index in [9.17, 15) is 14.0 Å². The van der Waals surface area contributed by atoms with Gasteiger partial charge in [0, 0.05) is 5.56 Å². The molecular formula is C27H18FN3O4. The van der Waals surface area contributed by atoms with Crippen molar-refractivity contribution in [3.05, 3.63) is 112 Å². The molecule has 0 radical (unpaired) electrons. The van der Waals surface area contributed by atoms with Crippen LogP contribution in [0.2, 0.25) is 0 Å². The van der Waals surface area contributed by atoms with E-state index < -0.39 is 17.7 Å². The molecule has 0 aromatic heterocycles. The first-order valence-electron chi connectivity index (χ1n) is 10.5. The number of nitriles is 1. The van der Waals surface area contributed by atoms with Gasteiger partial charge in [-0.3, -0.25) is 4.79 Å². The lowest BCUT2D eigenvalue weighted by molar-refractivity contribution is 0.0696. The Morgan fingerprint density at radius 1 is 1.06 bits per heavy atom. The normalized spacial score (nSPS) is 10.7. The summed E-state index contributed by atoms with van der Waals surface area (Å²) in [5, 5.41) is 23.6. The first kappa shape index (κ1) is 23.1. The molecule has 35 heavy (non-hydrogen) atoms. The molecule has 0 spiro atoms. The van der Waals surface area contributed by atoms with Crippen LogP contribution in [-0.2, 0) is 6.61 Å². The lowest BCUT2D eigenvalue weighted by Gasteiger charge is -2.12. The highest BCUT2D eigenvalue weighted by Crippen LogP contribution is 2.27. The summed E-state index contributed by atoms with van der Waals surface area (Å²) in [6, 6.07) is 22.9. The van der Waals surface area contributed by atoms with E-state index in [2.05, 4.69) is 10.5 Å². The Bertz CT molecular complexity index is 1490. The smallest absolute Gasteiger partial charge is 0.335 e. The zero-order chi connectivity index (χ0) is 24.8. The second kappa shape index (κ2) is 10.3. The average molecular weight is 467 g/mol. The predicted octanol–water partition coefficient (Wildman–Crippen LogP) is 4.89. The van der Waals surface area contributed by atoms with Crippen molar-refractivity contribution < 1.29 is 23.8 Å². The maximum atomic E-state index is 14.1. The largest absolute Gasteiger partial charge is 0.488 e. The number of amides is 1. The first-order valence-corrected chi connectivity index (χ1v) is 10.5. The minimum absolute atomic E-state index is 0.109. The molecule has 0 atom stereocenters. The minimum atomic E-state index is -1.01. The summed E-state index contributed by atoms with van der Waals surface area (Å²) in [4.78, 5) is 23.4. The van der Waals surface area contributed by atoms with Crippen LogP contribution in [0.1, 0.15) is 37.4 Å². The van der Waals surface area contributed by atoms with Gasteiger partial charge in [-0.25, -0.2) is 14.6 Å². The average Bonchev–Trinajstić information content (AvgIpc) is 2.88. The van der Waals surface area contributed by atoms with Crippen molar-refractivity contribution in [1.82, 2.24) is 5.43 Å². The van der Waals surface area contributed by atoms with E-state index in [4.69, 9.17) is 15.1 Å². The molecule has 0 fully saturated rings. The van der Waals surface area contributed by atoms with Crippen molar-refractivity contribution in [2.45, 2.75) is 6.61 Å². The van der Waals surface area contributed by atoms with Gasteiger partial charge in [0.1, 0.15) is 18.2 Å². The maximum Gasteiger partial charge on any atom is 0.335 e. The van der Waals surface area contributed by atoms with Crippen LogP contribution in [0.3, 0.4) is 0 Å². The summed E-state index contributed by atoms with van der Waals surface area (Å²) in [5.74, 6) is -2.09. The number of benzene rings is 4. The van der Waals surface area contributed by atoms with Crippen LogP contribution in [0, 0.1) is 17.1 Å². The van der Waals surface area contributed by atoms with Gasteiger partial charge in [-0.05, 0) is 52.7 Å². The number of aromatic carboxylic acids is 1. The fraction of sp³-hybridized carbons (Fsp3) is 0.0370. The van der Waals surface area contributed by atoms with Gasteiger partial charge in [-0.15, -0.1) is 0 Å². The lowest BCUT2D eigenvalue weighted by Crippen LogP contribution is -2.19. The number of carbonyl (C=O) groups is 2. The number of hydrazone groups is 1. The van der Waals surface area contributed by atoms with E-state index in [1.807, 2.05) is 36.4 Å². The van der Waals surface area contributed by atoms with Crippen LogP contribution in [0.4, 0.5) is 4.39 Å². The van der Waals surface area contributed by atoms with Crippen LogP contribution in [0.15, 0.2) is 84.0 Å². The Morgan fingerprint density at radius 2 is 1.83 bits per heavy atom. The molecule has 0 aliphatic rings. The molecule has 172 valence electrons. The minimum Gasteiger partial charge on any atom is -0.488 e. The van der Waals surface area contributed by atoms with Crippen molar-refractivity contribution in [3.8, 4) is 11.8 Å². The van der Waals surface area contributed by atoms with E-state index in [-0.39, 0.29) is 23.3 Å². The molecule has 0 aliphatic carbocycles. The van der Waals surface area contributed by atoms with Crippen LogP contribution in [0.5, 0.6) is 5.75 Å². The molecular weight excluding hydrogens is 449 g/mol. The summed E-state index contributed by atoms with van der Waals surface area (Å²) in [5.41, 5.74) is 3.74. The molecule has 4 rings (SSSR count). The van der Waals surface area contributed by atoms with Gasteiger partial charge >= 0.3 is 5.97 Å². The van der Waals surface area contributed by atoms with Gasteiger partial charge in [0.15, 0.2) is 0 Å². The van der Waals surface area contributed by atoms with E-state index in [0.29, 0.717) is 11.3 Å².